The van der Waals surface area contributed by atoms with E-state index in [9.17, 15) is 29.2 Å². The molecule has 3 aromatic rings. The number of benzene rings is 3. The number of likely N-dealkylation sites (N-methyl/N-ethyl adjacent to an activating group) is 1. The first-order valence-corrected chi connectivity index (χ1v) is 18.2. The number of hydrogen-bond donors (Lipinski definition) is 5. The van der Waals surface area contributed by atoms with Gasteiger partial charge in [-0.3, -0.25) is 14.4 Å². The monoisotopic (exact) mass is 801 g/mol. The van der Waals surface area contributed by atoms with Crippen molar-refractivity contribution >= 4 is 63.8 Å². The molecule has 1 unspecified atom stereocenters. The third-order valence-corrected chi connectivity index (χ3v) is 10.4. The van der Waals surface area contributed by atoms with Gasteiger partial charge in [0, 0.05) is 57.3 Å². The van der Waals surface area contributed by atoms with E-state index in [-0.39, 0.29) is 23.3 Å². The molecule has 2 aliphatic heterocycles. The Morgan fingerprint density at radius 1 is 0.982 bits per heavy atom. The van der Waals surface area contributed by atoms with Crippen LogP contribution in [0.2, 0.25) is 10.0 Å². The second-order valence-electron chi connectivity index (χ2n) is 13.5. The standard InChI is InChI=1S/C32H35Cl2N5O2.C6H8O7.H2O/c1-37(31(40)28-18-22(20-35)17-24-5-2-3-6-27(24)28)21-25(23-7-8-29(33)30(34)19-23)9-14-38-15-10-26(11-16-38)39-13-4-12-36-32(39)41;7-3(8)1-6(13,5(11)12)2-4(9)10;/h2-3,5-8,17-19,25-26H,4,9-16,21H2,1H3,(H,36,41);13H,1-2H2,(H,7,8)(H,9,10)(H,11,12);1H2. The number of hydrogen-bond acceptors (Lipinski definition) is 8. The van der Waals surface area contributed by atoms with Crippen LogP contribution in [0.15, 0.2) is 54.6 Å². The third-order valence-electron chi connectivity index (χ3n) is 9.67. The van der Waals surface area contributed by atoms with Crippen LogP contribution in [0.4, 0.5) is 4.79 Å². The van der Waals surface area contributed by atoms with Gasteiger partial charge in [0.15, 0.2) is 5.60 Å². The minimum atomic E-state index is -2.74. The van der Waals surface area contributed by atoms with Crippen molar-refractivity contribution in [3.05, 3.63) is 81.3 Å². The van der Waals surface area contributed by atoms with E-state index in [1.54, 1.807) is 11.0 Å². The number of carboxylic acids is 3. The zero-order valence-electron chi connectivity index (χ0n) is 30.2. The summed E-state index contributed by atoms with van der Waals surface area (Å²) in [4.78, 5) is 62.7. The molecule has 0 aliphatic carbocycles. The van der Waals surface area contributed by atoms with Gasteiger partial charge in [-0.1, -0.05) is 53.5 Å². The predicted molar refractivity (Wildman–Crippen MR) is 204 cm³/mol. The number of carbonyl (C=O) groups excluding carboxylic acids is 2. The van der Waals surface area contributed by atoms with Crippen molar-refractivity contribution in [3.63, 3.8) is 0 Å². The Morgan fingerprint density at radius 3 is 2.22 bits per heavy atom. The van der Waals surface area contributed by atoms with Crippen LogP contribution in [0.3, 0.4) is 0 Å². The Balaban J connectivity index is 0.000000499. The van der Waals surface area contributed by atoms with Gasteiger partial charge in [-0.25, -0.2) is 9.59 Å². The number of carboxylic acid groups (broad SMARTS) is 3. The second-order valence-corrected chi connectivity index (χ2v) is 14.3. The number of halogens is 2. The highest BCUT2D eigenvalue weighted by atomic mass is 35.5. The lowest BCUT2D eigenvalue weighted by Crippen LogP contribution is -2.54. The van der Waals surface area contributed by atoms with Gasteiger partial charge in [0.25, 0.3) is 5.91 Å². The van der Waals surface area contributed by atoms with Crippen molar-refractivity contribution in [3.8, 4) is 6.07 Å². The summed E-state index contributed by atoms with van der Waals surface area (Å²) in [6.45, 7) is 4.84. The topological polar surface area (TPSA) is 243 Å². The van der Waals surface area contributed by atoms with Gasteiger partial charge >= 0.3 is 23.9 Å². The minimum absolute atomic E-state index is 0. The molecular weight excluding hydrogens is 757 g/mol. The largest absolute Gasteiger partial charge is 0.481 e. The molecule has 296 valence electrons. The fourth-order valence-corrected chi connectivity index (χ4v) is 7.11. The molecule has 2 fully saturated rings. The Hall–Kier alpha value is -4.98. The lowest BCUT2D eigenvalue weighted by molar-refractivity contribution is -0.170. The highest BCUT2D eigenvalue weighted by Gasteiger charge is 2.41. The predicted octanol–water partition coefficient (Wildman–Crippen LogP) is 4.07. The van der Waals surface area contributed by atoms with Crippen molar-refractivity contribution in [1.82, 2.24) is 20.0 Å². The van der Waals surface area contributed by atoms with E-state index in [1.807, 2.05) is 60.5 Å². The van der Waals surface area contributed by atoms with Crippen LogP contribution >= 0.6 is 23.2 Å². The van der Waals surface area contributed by atoms with E-state index in [0.29, 0.717) is 33.8 Å². The lowest BCUT2D eigenvalue weighted by Gasteiger charge is -2.40. The number of likely N-dealkylation sites (tertiary alicyclic amines) is 1. The number of nitriles is 1. The van der Waals surface area contributed by atoms with Crippen LogP contribution < -0.4 is 5.32 Å². The van der Waals surface area contributed by atoms with Gasteiger partial charge in [-0.2, -0.15) is 5.26 Å². The van der Waals surface area contributed by atoms with Crippen molar-refractivity contribution < 1.29 is 49.9 Å². The minimum Gasteiger partial charge on any atom is -0.481 e. The number of urea groups is 1. The maximum absolute atomic E-state index is 13.8. The first-order valence-electron chi connectivity index (χ1n) is 17.4. The number of aliphatic hydroxyl groups is 1. The fraction of sp³-hybridized carbons (Fsp3) is 0.421. The molecule has 7 N–H and O–H groups in total. The van der Waals surface area contributed by atoms with Gasteiger partial charge in [-0.05, 0) is 72.8 Å². The Kier molecular flexibility index (Phi) is 16.2. The summed E-state index contributed by atoms with van der Waals surface area (Å²) in [5, 5.41) is 49.0. The Morgan fingerprint density at radius 2 is 1.64 bits per heavy atom. The SMILES string of the molecule is CN(CC(CCN1CCC(N2CCCNC2=O)CC1)c1ccc(Cl)c(Cl)c1)C(=O)c1cc(C#N)cc2ccccc12.O.O=C(O)CC(O)(CC(=O)O)C(=O)O. The quantitative estimate of drug-likeness (QED) is 0.165. The molecule has 55 heavy (non-hydrogen) atoms. The van der Waals surface area contributed by atoms with Crippen molar-refractivity contribution in [2.24, 2.45) is 0 Å². The van der Waals surface area contributed by atoms with E-state index in [1.165, 1.54) is 0 Å². The molecule has 17 heteroatoms. The normalized spacial score (nSPS) is 15.4. The lowest BCUT2D eigenvalue weighted by atomic mass is 9.93. The number of nitrogens with one attached hydrogen (secondary N) is 1. The van der Waals surface area contributed by atoms with Gasteiger partial charge in [0.1, 0.15) is 0 Å². The summed E-state index contributed by atoms with van der Waals surface area (Å²) < 4.78 is 0. The molecule has 0 bridgehead atoms. The Bertz CT molecular complexity index is 1900. The molecule has 2 aliphatic rings. The van der Waals surface area contributed by atoms with Crippen LogP contribution in [0.1, 0.15) is 65.9 Å². The number of rotatable bonds is 13. The summed E-state index contributed by atoms with van der Waals surface area (Å²) in [6.07, 6.45) is 1.48. The van der Waals surface area contributed by atoms with Crippen LogP contribution in [0.5, 0.6) is 0 Å². The Labute approximate surface area is 327 Å². The molecule has 0 spiro atoms. The summed E-state index contributed by atoms with van der Waals surface area (Å²) in [7, 11) is 1.82. The molecular formula is C38H45Cl2N5O10. The second kappa shape index (κ2) is 20.1. The van der Waals surface area contributed by atoms with Gasteiger partial charge in [0.2, 0.25) is 0 Å². The van der Waals surface area contributed by atoms with Crippen LogP contribution in [0.25, 0.3) is 10.8 Å². The summed E-state index contributed by atoms with van der Waals surface area (Å²) >= 11 is 12.6. The zero-order valence-corrected chi connectivity index (χ0v) is 31.7. The molecule has 3 aromatic carbocycles. The highest BCUT2D eigenvalue weighted by molar-refractivity contribution is 6.42. The first-order chi connectivity index (χ1) is 25.6. The summed E-state index contributed by atoms with van der Waals surface area (Å²) in [6, 6.07) is 19.4. The number of carbonyl (C=O) groups is 5. The average Bonchev–Trinajstić information content (AvgIpc) is 3.13. The number of piperidine rings is 1. The maximum Gasteiger partial charge on any atom is 0.336 e. The molecule has 1 atom stereocenters. The molecule has 2 saturated heterocycles. The van der Waals surface area contributed by atoms with Gasteiger partial charge < -0.3 is 45.9 Å². The molecule has 5 rings (SSSR count). The van der Waals surface area contributed by atoms with Crippen molar-refractivity contribution in [2.75, 3.05) is 46.3 Å². The fourth-order valence-electron chi connectivity index (χ4n) is 6.80. The van der Waals surface area contributed by atoms with Gasteiger partial charge in [0.05, 0.1) is 34.5 Å². The number of amides is 3. The number of aliphatic carboxylic acids is 3. The third kappa shape index (κ3) is 12.0. The van der Waals surface area contributed by atoms with Crippen molar-refractivity contribution in [1.29, 1.82) is 5.26 Å². The number of nitrogens with zero attached hydrogens (tertiary/aromatic N) is 4. The molecule has 15 nitrogen and oxygen atoms in total. The van der Waals surface area contributed by atoms with E-state index >= 15 is 0 Å². The highest BCUT2D eigenvalue weighted by Crippen LogP contribution is 2.31. The van der Waals surface area contributed by atoms with E-state index in [0.717, 1.165) is 74.7 Å². The van der Waals surface area contributed by atoms with Crippen molar-refractivity contribution in [2.45, 2.75) is 56.1 Å². The van der Waals surface area contributed by atoms with Crippen LogP contribution in [-0.2, 0) is 14.4 Å². The smallest absolute Gasteiger partial charge is 0.336 e. The number of fused-ring (bicyclic) bond motifs is 1. The zero-order chi connectivity index (χ0) is 39.6. The first kappa shape index (κ1) is 44.4. The average molecular weight is 803 g/mol. The molecule has 0 radical (unpaired) electrons. The van der Waals surface area contributed by atoms with E-state index < -0.39 is 36.4 Å². The summed E-state index contributed by atoms with van der Waals surface area (Å²) in [5.41, 5.74) is -0.710. The maximum atomic E-state index is 13.8. The molecule has 0 saturated carbocycles. The van der Waals surface area contributed by atoms with Crippen LogP contribution in [0, 0.1) is 11.3 Å². The van der Waals surface area contributed by atoms with E-state index in [4.69, 9.17) is 43.6 Å². The molecule has 0 aromatic heterocycles. The molecule has 2 heterocycles. The van der Waals surface area contributed by atoms with E-state index in [2.05, 4.69) is 16.3 Å². The molecule has 3 amide bonds. The van der Waals surface area contributed by atoms with Gasteiger partial charge in [-0.15, -0.1) is 0 Å². The van der Waals surface area contributed by atoms with Crippen LogP contribution in [-0.4, -0.2) is 128 Å². The summed E-state index contributed by atoms with van der Waals surface area (Å²) in [5.74, 6) is -5.10.